The van der Waals surface area contributed by atoms with E-state index in [2.05, 4.69) is 193 Å². The molecule has 1 spiro atoms. The molecule has 5 aliphatic rings. The Hall–Kier alpha value is -6.38. The summed E-state index contributed by atoms with van der Waals surface area (Å²) in [6, 6.07) is 58.8. The van der Waals surface area contributed by atoms with Crippen molar-refractivity contribution in [1.82, 2.24) is 4.57 Å². The van der Waals surface area contributed by atoms with Gasteiger partial charge in [0.1, 0.15) is 0 Å². The molecule has 8 aromatic rings. The van der Waals surface area contributed by atoms with Gasteiger partial charge in [-0.15, -0.1) is 0 Å². The maximum Gasteiger partial charge on any atom is 0.0561 e. The molecule has 0 amide bonds. The van der Waals surface area contributed by atoms with Crippen LogP contribution in [0, 0.1) is 23.7 Å². The molecule has 2 nitrogen and oxygen atoms in total. The van der Waals surface area contributed by atoms with E-state index in [1.807, 2.05) is 6.08 Å². The monoisotopic (exact) mass is 760 g/mol. The molecule has 1 aromatic heterocycles. The molecule has 0 radical (unpaired) electrons. The molecule has 1 heterocycles. The summed E-state index contributed by atoms with van der Waals surface area (Å²) in [7, 11) is 0. The fourth-order valence-corrected chi connectivity index (χ4v) is 12.9. The van der Waals surface area contributed by atoms with Crippen molar-refractivity contribution in [1.29, 1.82) is 0 Å². The van der Waals surface area contributed by atoms with Crippen LogP contribution >= 0.6 is 0 Å². The molecule has 7 aromatic carbocycles. The van der Waals surface area contributed by atoms with Crippen LogP contribution in [0.2, 0.25) is 0 Å². The topological polar surface area (TPSA) is 8.17 Å². The fourth-order valence-electron chi connectivity index (χ4n) is 12.9. The van der Waals surface area contributed by atoms with Gasteiger partial charge >= 0.3 is 0 Å². The zero-order chi connectivity index (χ0) is 39.2. The Morgan fingerprint density at radius 3 is 2.05 bits per heavy atom. The van der Waals surface area contributed by atoms with Gasteiger partial charge in [0.05, 0.1) is 16.7 Å². The summed E-state index contributed by atoms with van der Waals surface area (Å²) in [6.45, 7) is 6.56. The number of anilines is 3. The number of fused-ring (bicyclic) bond motifs is 5. The minimum absolute atomic E-state index is 0.0515. The lowest BCUT2D eigenvalue weighted by Crippen LogP contribution is -2.55. The molecule has 5 aliphatic carbocycles. The Bertz CT molecular complexity index is 3000. The number of hydrogen-bond acceptors (Lipinski definition) is 1. The van der Waals surface area contributed by atoms with Gasteiger partial charge < -0.3 is 9.47 Å². The van der Waals surface area contributed by atoms with Crippen molar-refractivity contribution in [3.63, 3.8) is 0 Å². The van der Waals surface area contributed by atoms with Crippen molar-refractivity contribution < 1.29 is 0 Å². The van der Waals surface area contributed by atoms with Gasteiger partial charge in [-0.25, -0.2) is 0 Å². The summed E-state index contributed by atoms with van der Waals surface area (Å²) in [5.74, 6) is 3.14. The van der Waals surface area contributed by atoms with E-state index in [0.29, 0.717) is 11.8 Å². The SMILES string of the molecule is C=C/C=C\C1=C(C)c2c(N(c3ccc(-c4cccc5ccccc45)cc3)c3ccc4c5ccccc5n(-c5ccccc5)c4c3)cccc2C12C1CC3CC(C1)CC2C3. The largest absolute Gasteiger partial charge is 0.310 e. The molecular formula is C57H48N2. The summed E-state index contributed by atoms with van der Waals surface area (Å²) < 4.78 is 2.44. The second-order valence-electron chi connectivity index (χ2n) is 17.8. The highest BCUT2D eigenvalue weighted by atomic mass is 15.1. The molecule has 13 rings (SSSR count). The lowest BCUT2D eigenvalue weighted by molar-refractivity contribution is -0.0406. The molecule has 0 N–H and O–H groups in total. The lowest BCUT2D eigenvalue weighted by Gasteiger charge is -2.61. The molecule has 0 aliphatic heterocycles. The van der Waals surface area contributed by atoms with Crippen molar-refractivity contribution >= 4 is 55.2 Å². The van der Waals surface area contributed by atoms with Gasteiger partial charge in [-0.05, 0) is 150 Å². The Balaban J connectivity index is 1.10. The minimum Gasteiger partial charge on any atom is -0.310 e. The van der Waals surface area contributed by atoms with Gasteiger partial charge in [-0.2, -0.15) is 0 Å². The molecule has 4 saturated carbocycles. The first-order valence-corrected chi connectivity index (χ1v) is 21.7. The summed E-state index contributed by atoms with van der Waals surface area (Å²) in [5.41, 5.74) is 15.7. The van der Waals surface area contributed by atoms with E-state index >= 15 is 0 Å². The summed E-state index contributed by atoms with van der Waals surface area (Å²) in [5, 5.41) is 5.07. The van der Waals surface area contributed by atoms with Crippen LogP contribution in [0.3, 0.4) is 0 Å². The van der Waals surface area contributed by atoms with Crippen molar-refractivity contribution in [3.05, 3.63) is 199 Å². The summed E-state index contributed by atoms with van der Waals surface area (Å²) in [6.07, 6.45) is 13.5. The van der Waals surface area contributed by atoms with Gasteiger partial charge in [0, 0.05) is 38.8 Å². The van der Waals surface area contributed by atoms with Crippen LogP contribution in [0.25, 0.3) is 55.0 Å². The standard InChI is InChI=1S/C57H48N2/c1-3-4-21-51-37(2)56-52(57(51)42-32-38-31-39(34-42)35-43(57)33-38)22-13-24-54(56)58(45-27-25-41(26-28-45)48-20-12-15-40-14-8-9-18-47(40)48)46-29-30-50-49-19-10-11-23-53(49)59(55(50)36-46)44-16-6-5-7-17-44/h3-30,36,38-39,42-43H,1,31-35H2,2H3/b21-4-. The van der Waals surface area contributed by atoms with Crippen molar-refractivity contribution in [3.8, 4) is 16.8 Å². The molecule has 0 atom stereocenters. The number of allylic oxidation sites excluding steroid dienone is 5. The van der Waals surface area contributed by atoms with Crippen LogP contribution in [0.5, 0.6) is 0 Å². The van der Waals surface area contributed by atoms with Gasteiger partial charge in [0.15, 0.2) is 0 Å². The van der Waals surface area contributed by atoms with E-state index in [-0.39, 0.29) is 5.41 Å². The number of rotatable bonds is 7. The van der Waals surface area contributed by atoms with Crippen molar-refractivity contribution in [2.75, 3.05) is 4.90 Å². The van der Waals surface area contributed by atoms with E-state index in [0.717, 1.165) is 23.2 Å². The van der Waals surface area contributed by atoms with Crippen LogP contribution in [0.4, 0.5) is 17.1 Å². The molecular weight excluding hydrogens is 713 g/mol. The van der Waals surface area contributed by atoms with Gasteiger partial charge in [-0.1, -0.05) is 134 Å². The number of hydrogen-bond donors (Lipinski definition) is 0. The molecule has 2 heteroatoms. The molecule has 4 fully saturated rings. The summed E-state index contributed by atoms with van der Waals surface area (Å²) in [4.78, 5) is 2.56. The Kier molecular flexibility index (Phi) is 7.83. The Morgan fingerprint density at radius 1 is 0.610 bits per heavy atom. The van der Waals surface area contributed by atoms with Crippen LogP contribution in [0.15, 0.2) is 188 Å². The van der Waals surface area contributed by atoms with Gasteiger partial charge in [0.2, 0.25) is 0 Å². The van der Waals surface area contributed by atoms with E-state index < -0.39 is 0 Å². The molecule has 0 unspecified atom stereocenters. The predicted molar refractivity (Wildman–Crippen MR) is 249 cm³/mol. The highest BCUT2D eigenvalue weighted by Crippen LogP contribution is 2.70. The van der Waals surface area contributed by atoms with E-state index in [9.17, 15) is 0 Å². The molecule has 4 bridgehead atoms. The number of nitrogens with zero attached hydrogens (tertiary/aromatic N) is 2. The third-order valence-corrected chi connectivity index (χ3v) is 14.9. The van der Waals surface area contributed by atoms with Gasteiger partial charge in [-0.3, -0.25) is 0 Å². The molecule has 286 valence electrons. The highest BCUT2D eigenvalue weighted by molar-refractivity contribution is 6.10. The lowest BCUT2D eigenvalue weighted by atomic mass is 9.42. The first-order chi connectivity index (χ1) is 29.1. The molecule has 0 saturated heterocycles. The second kappa shape index (κ2) is 13.3. The van der Waals surface area contributed by atoms with Crippen LogP contribution in [0.1, 0.15) is 50.2 Å². The molecule has 59 heavy (non-hydrogen) atoms. The maximum absolute atomic E-state index is 4.14. The first kappa shape index (κ1) is 34.6. The predicted octanol–water partition coefficient (Wildman–Crippen LogP) is 15.3. The van der Waals surface area contributed by atoms with Crippen molar-refractivity contribution in [2.24, 2.45) is 23.7 Å². The zero-order valence-electron chi connectivity index (χ0n) is 33.7. The van der Waals surface area contributed by atoms with Crippen LogP contribution < -0.4 is 4.90 Å². The average molecular weight is 761 g/mol. The van der Waals surface area contributed by atoms with Crippen LogP contribution in [-0.2, 0) is 5.41 Å². The van der Waals surface area contributed by atoms with E-state index in [1.54, 1.807) is 11.1 Å². The fraction of sp³-hybridized carbons (Fsp3) is 0.193. The minimum atomic E-state index is 0.0515. The first-order valence-electron chi connectivity index (χ1n) is 21.7. The highest BCUT2D eigenvalue weighted by Gasteiger charge is 2.61. The number of benzene rings is 7. The van der Waals surface area contributed by atoms with Crippen LogP contribution in [-0.4, -0.2) is 4.57 Å². The quantitative estimate of drug-likeness (QED) is 0.147. The Labute approximate surface area is 347 Å². The van der Waals surface area contributed by atoms with E-state index in [1.165, 1.54) is 98.3 Å². The van der Waals surface area contributed by atoms with Crippen molar-refractivity contribution in [2.45, 2.75) is 44.4 Å². The second-order valence-corrected chi connectivity index (χ2v) is 17.8. The normalized spacial score (nSPS) is 23.0. The zero-order valence-corrected chi connectivity index (χ0v) is 33.7. The number of para-hydroxylation sites is 2. The van der Waals surface area contributed by atoms with E-state index in [4.69, 9.17) is 0 Å². The third-order valence-electron chi connectivity index (χ3n) is 14.9. The number of aromatic nitrogens is 1. The average Bonchev–Trinajstić information content (AvgIpc) is 3.74. The van der Waals surface area contributed by atoms with Gasteiger partial charge in [0.25, 0.3) is 0 Å². The third kappa shape index (κ3) is 5.05. The Morgan fingerprint density at radius 2 is 1.27 bits per heavy atom. The maximum atomic E-state index is 4.14. The summed E-state index contributed by atoms with van der Waals surface area (Å²) >= 11 is 0. The smallest absolute Gasteiger partial charge is 0.0561 e.